The summed E-state index contributed by atoms with van der Waals surface area (Å²) in [6.45, 7) is -0.213. The molecule has 0 saturated heterocycles. The fraction of sp³-hybridized carbons (Fsp3) is 0.125. The van der Waals surface area contributed by atoms with Crippen molar-refractivity contribution in [3.05, 3.63) is 81.8 Å². The van der Waals surface area contributed by atoms with E-state index in [4.69, 9.17) is 42.1 Å². The number of rotatable bonds is 9. The van der Waals surface area contributed by atoms with Gasteiger partial charge in [-0.15, -0.1) is 0 Å². The lowest BCUT2D eigenvalue weighted by molar-refractivity contribution is -0.123. The van der Waals surface area contributed by atoms with E-state index in [0.717, 1.165) is 0 Å². The summed E-state index contributed by atoms with van der Waals surface area (Å²) in [5.74, 6) is 0.583. The topological polar surface area (TPSA) is 95.5 Å². The van der Waals surface area contributed by atoms with Crippen LogP contribution >= 0.6 is 23.2 Å². The Bertz CT molecular complexity index is 1200. The second-order valence-corrected chi connectivity index (χ2v) is 7.53. The Balaban J connectivity index is 1.56. The summed E-state index contributed by atoms with van der Waals surface area (Å²) in [4.78, 5) is 24.4. The maximum absolute atomic E-state index is 12.4. The third-order valence-electron chi connectivity index (χ3n) is 4.37. The molecule has 3 aromatic rings. The number of hydrazone groups is 1. The fourth-order valence-electron chi connectivity index (χ4n) is 2.69. The monoisotopic (exact) mass is 502 g/mol. The number of hydrogen-bond acceptors (Lipinski definition) is 7. The minimum Gasteiger partial charge on any atom is -0.497 e. The van der Waals surface area contributed by atoms with Crippen LogP contribution in [0.1, 0.15) is 15.9 Å². The van der Waals surface area contributed by atoms with Crippen molar-refractivity contribution in [2.45, 2.75) is 0 Å². The molecule has 176 valence electrons. The number of methoxy groups -OCH3 is 2. The highest BCUT2D eigenvalue weighted by Gasteiger charge is 2.16. The zero-order valence-corrected chi connectivity index (χ0v) is 19.7. The molecular weight excluding hydrogens is 483 g/mol. The zero-order chi connectivity index (χ0) is 24.5. The van der Waals surface area contributed by atoms with Crippen LogP contribution in [0.15, 0.2) is 65.8 Å². The van der Waals surface area contributed by atoms with Gasteiger partial charge in [0.15, 0.2) is 18.1 Å². The number of carbonyl (C=O) groups excluding carboxylic acids is 2. The summed E-state index contributed by atoms with van der Waals surface area (Å²) < 4.78 is 21.1. The Hall–Kier alpha value is -3.75. The predicted molar refractivity (Wildman–Crippen MR) is 129 cm³/mol. The maximum atomic E-state index is 12.4. The van der Waals surface area contributed by atoms with E-state index in [9.17, 15) is 9.59 Å². The molecule has 0 radical (unpaired) electrons. The first-order valence-corrected chi connectivity index (χ1v) is 10.6. The summed E-state index contributed by atoms with van der Waals surface area (Å²) in [5, 5.41) is 4.47. The van der Waals surface area contributed by atoms with Crippen LogP contribution in [0, 0.1) is 0 Å². The normalized spacial score (nSPS) is 10.6. The van der Waals surface area contributed by atoms with Gasteiger partial charge in [-0.05, 0) is 66.2 Å². The van der Waals surface area contributed by atoms with E-state index in [-0.39, 0.29) is 28.7 Å². The van der Waals surface area contributed by atoms with Crippen molar-refractivity contribution in [2.75, 3.05) is 20.8 Å². The summed E-state index contributed by atoms with van der Waals surface area (Å²) in [7, 11) is 3.00. The number of hydrogen-bond donors (Lipinski definition) is 1. The molecule has 0 aromatic heterocycles. The van der Waals surface area contributed by atoms with Crippen LogP contribution in [0.3, 0.4) is 0 Å². The van der Waals surface area contributed by atoms with Crippen LogP contribution in [-0.2, 0) is 4.79 Å². The number of benzene rings is 3. The Morgan fingerprint density at radius 2 is 1.65 bits per heavy atom. The van der Waals surface area contributed by atoms with Gasteiger partial charge in [-0.3, -0.25) is 4.79 Å². The molecule has 3 rings (SSSR count). The summed E-state index contributed by atoms with van der Waals surface area (Å²) in [6, 6.07) is 16.1. The highest BCUT2D eigenvalue weighted by molar-refractivity contribution is 6.36. The van der Waals surface area contributed by atoms with Gasteiger partial charge in [0, 0.05) is 5.02 Å². The molecule has 0 fully saturated rings. The minimum atomic E-state index is -0.662. The average Bonchev–Trinajstić information content (AvgIpc) is 2.83. The lowest BCUT2D eigenvalue weighted by Crippen LogP contribution is -2.24. The van der Waals surface area contributed by atoms with Gasteiger partial charge in [0.1, 0.15) is 11.5 Å². The molecule has 0 aliphatic rings. The van der Waals surface area contributed by atoms with Crippen LogP contribution in [-0.4, -0.2) is 38.9 Å². The largest absolute Gasteiger partial charge is 0.497 e. The van der Waals surface area contributed by atoms with Crippen molar-refractivity contribution >= 4 is 41.3 Å². The molecule has 0 bridgehead atoms. The highest BCUT2D eigenvalue weighted by Crippen LogP contribution is 2.30. The van der Waals surface area contributed by atoms with E-state index in [0.29, 0.717) is 22.1 Å². The number of nitrogens with zero attached hydrogens (tertiary/aromatic N) is 1. The fourth-order valence-corrected chi connectivity index (χ4v) is 3.18. The molecule has 0 aliphatic carbocycles. The van der Waals surface area contributed by atoms with E-state index in [1.165, 1.54) is 37.6 Å². The highest BCUT2D eigenvalue weighted by atomic mass is 35.5. The number of halogens is 2. The Labute approximate surface area is 206 Å². The SMILES string of the molecule is COc1ccc(OCC(=O)N/N=C/c2ccc(OC(=O)c3ccc(Cl)cc3Cl)c(OC)c2)cc1. The van der Waals surface area contributed by atoms with Gasteiger partial charge in [0.05, 0.1) is 31.0 Å². The molecule has 1 N–H and O–H groups in total. The Kier molecular flexibility index (Phi) is 8.73. The van der Waals surface area contributed by atoms with Crippen LogP contribution < -0.4 is 24.4 Å². The van der Waals surface area contributed by atoms with E-state index in [1.54, 1.807) is 43.5 Å². The van der Waals surface area contributed by atoms with Crippen LogP contribution in [0.5, 0.6) is 23.0 Å². The molecular formula is C24H20Cl2N2O6. The zero-order valence-electron chi connectivity index (χ0n) is 18.2. The smallest absolute Gasteiger partial charge is 0.345 e. The van der Waals surface area contributed by atoms with Crippen molar-refractivity contribution in [1.82, 2.24) is 5.43 Å². The van der Waals surface area contributed by atoms with E-state index in [1.807, 2.05) is 0 Å². The molecule has 0 saturated carbocycles. The van der Waals surface area contributed by atoms with Gasteiger partial charge in [0.25, 0.3) is 5.91 Å². The summed E-state index contributed by atoms with van der Waals surface area (Å²) in [6.07, 6.45) is 1.41. The van der Waals surface area contributed by atoms with Crippen molar-refractivity contribution in [3.63, 3.8) is 0 Å². The number of amides is 1. The quantitative estimate of drug-likeness (QED) is 0.196. The first kappa shape index (κ1) is 24.9. The molecule has 0 heterocycles. The van der Waals surface area contributed by atoms with Gasteiger partial charge < -0.3 is 18.9 Å². The molecule has 1 amide bonds. The summed E-state index contributed by atoms with van der Waals surface area (Å²) >= 11 is 11.9. The molecule has 0 spiro atoms. The van der Waals surface area contributed by atoms with Crippen molar-refractivity contribution in [2.24, 2.45) is 5.10 Å². The number of ether oxygens (including phenoxy) is 4. The predicted octanol–water partition coefficient (Wildman–Crippen LogP) is 4.76. The number of nitrogens with one attached hydrogen (secondary N) is 1. The van der Waals surface area contributed by atoms with Crippen molar-refractivity contribution < 1.29 is 28.5 Å². The molecule has 3 aromatic carbocycles. The lowest BCUT2D eigenvalue weighted by atomic mass is 10.2. The second kappa shape index (κ2) is 11.9. The number of esters is 1. The van der Waals surface area contributed by atoms with Gasteiger partial charge in [-0.2, -0.15) is 5.10 Å². The van der Waals surface area contributed by atoms with Gasteiger partial charge in [-0.1, -0.05) is 23.2 Å². The molecule has 0 aliphatic heterocycles. The van der Waals surface area contributed by atoms with E-state index < -0.39 is 11.9 Å². The molecule has 0 atom stereocenters. The Morgan fingerprint density at radius 3 is 2.32 bits per heavy atom. The first-order chi connectivity index (χ1) is 16.4. The van der Waals surface area contributed by atoms with Crippen LogP contribution in [0.4, 0.5) is 0 Å². The third-order valence-corrected chi connectivity index (χ3v) is 4.92. The van der Waals surface area contributed by atoms with E-state index >= 15 is 0 Å². The lowest BCUT2D eigenvalue weighted by Gasteiger charge is -2.10. The van der Waals surface area contributed by atoms with Gasteiger partial charge >= 0.3 is 5.97 Å². The third kappa shape index (κ3) is 6.87. The van der Waals surface area contributed by atoms with Gasteiger partial charge in [-0.25, -0.2) is 10.2 Å². The van der Waals surface area contributed by atoms with E-state index in [2.05, 4.69) is 10.5 Å². The second-order valence-electron chi connectivity index (χ2n) is 6.68. The minimum absolute atomic E-state index is 0.165. The standard InChI is InChI=1S/C24H20Cl2N2O6/c1-31-17-5-7-18(8-6-17)33-14-23(29)28-27-13-15-3-10-21(22(11-15)32-2)34-24(30)19-9-4-16(25)12-20(19)26/h3-13H,14H2,1-2H3,(H,28,29)/b27-13+. The molecule has 8 nitrogen and oxygen atoms in total. The average molecular weight is 503 g/mol. The van der Waals surface area contributed by atoms with Crippen molar-refractivity contribution in [3.8, 4) is 23.0 Å². The van der Waals surface area contributed by atoms with Crippen LogP contribution in [0.2, 0.25) is 10.0 Å². The maximum Gasteiger partial charge on any atom is 0.345 e. The molecule has 0 unspecified atom stereocenters. The Morgan fingerprint density at radius 1 is 0.912 bits per heavy atom. The summed E-state index contributed by atoms with van der Waals surface area (Å²) in [5.41, 5.74) is 3.13. The van der Waals surface area contributed by atoms with Crippen LogP contribution in [0.25, 0.3) is 0 Å². The molecule has 34 heavy (non-hydrogen) atoms. The van der Waals surface area contributed by atoms with Crippen molar-refractivity contribution in [1.29, 1.82) is 0 Å². The van der Waals surface area contributed by atoms with Gasteiger partial charge in [0.2, 0.25) is 0 Å². The number of carbonyl (C=O) groups is 2. The molecule has 10 heteroatoms. The first-order valence-electron chi connectivity index (χ1n) is 9.83.